The molecular weight excluding hydrogens is 665 g/mol. The minimum absolute atomic E-state index is 0.0123. The van der Waals surface area contributed by atoms with Gasteiger partial charge >= 0.3 is 6.18 Å². The van der Waals surface area contributed by atoms with Gasteiger partial charge in [-0.1, -0.05) is 17.5 Å². The van der Waals surface area contributed by atoms with E-state index >= 15 is 0 Å². The first-order chi connectivity index (χ1) is 23.3. The number of halogens is 4. The SMILES string of the molecule is Cc1c(C(F)(F)F)ccc(NC(=O)C2(n3cnc(C#CC4CN(c5ccc6c(c5)C(=O)N(C5CCC(=O)NC5=O)C6=O)C4)c3)CCC2)c1Cl. The molecule has 3 aromatic rings. The van der Waals surface area contributed by atoms with Crippen molar-refractivity contribution in [3.63, 3.8) is 0 Å². The molecule has 2 aromatic carbocycles. The first kappa shape index (κ1) is 32.4. The number of benzene rings is 2. The number of rotatable bonds is 5. The van der Waals surface area contributed by atoms with Crippen LogP contribution in [0.15, 0.2) is 42.9 Å². The highest BCUT2D eigenvalue weighted by atomic mass is 35.5. The zero-order chi connectivity index (χ0) is 34.8. The highest BCUT2D eigenvalue weighted by molar-refractivity contribution is 6.34. The zero-order valence-corrected chi connectivity index (χ0v) is 26.7. The smallest absolute Gasteiger partial charge is 0.369 e. The van der Waals surface area contributed by atoms with Crippen LogP contribution < -0.4 is 15.5 Å². The van der Waals surface area contributed by atoms with Crippen LogP contribution in [0.3, 0.4) is 0 Å². The Kier molecular flexibility index (Phi) is 7.78. The lowest BCUT2D eigenvalue weighted by molar-refractivity contribution is -0.138. The van der Waals surface area contributed by atoms with Crippen LogP contribution in [-0.4, -0.2) is 63.1 Å². The van der Waals surface area contributed by atoms with Crippen molar-refractivity contribution < 1.29 is 37.1 Å². The number of alkyl halides is 3. The third-order valence-electron chi connectivity index (χ3n) is 9.69. The van der Waals surface area contributed by atoms with Crippen molar-refractivity contribution in [2.75, 3.05) is 23.3 Å². The Bertz CT molecular complexity index is 2020. The van der Waals surface area contributed by atoms with Crippen molar-refractivity contribution >= 4 is 52.5 Å². The van der Waals surface area contributed by atoms with E-state index in [4.69, 9.17) is 11.6 Å². The number of imidazole rings is 1. The molecule has 1 aliphatic carbocycles. The predicted octanol–water partition coefficient (Wildman–Crippen LogP) is 4.27. The summed E-state index contributed by atoms with van der Waals surface area (Å²) in [4.78, 5) is 70.8. The number of imide groups is 2. The van der Waals surface area contributed by atoms with Crippen LogP contribution >= 0.6 is 11.6 Å². The molecule has 2 N–H and O–H groups in total. The third-order valence-corrected chi connectivity index (χ3v) is 10.2. The topological polar surface area (TPSA) is 134 Å². The van der Waals surface area contributed by atoms with Gasteiger partial charge in [-0.15, -0.1) is 0 Å². The molecule has 4 heterocycles. The molecule has 0 bridgehead atoms. The van der Waals surface area contributed by atoms with Gasteiger partial charge < -0.3 is 14.8 Å². The van der Waals surface area contributed by atoms with E-state index in [1.165, 1.54) is 13.3 Å². The van der Waals surface area contributed by atoms with E-state index in [9.17, 15) is 37.1 Å². The monoisotopic (exact) mass is 692 g/mol. The molecule has 0 radical (unpaired) electrons. The van der Waals surface area contributed by atoms with E-state index in [0.29, 0.717) is 31.6 Å². The summed E-state index contributed by atoms with van der Waals surface area (Å²) in [6.07, 6.45) is 0.567. The highest BCUT2D eigenvalue weighted by Crippen LogP contribution is 2.42. The number of nitrogens with one attached hydrogen (secondary N) is 2. The summed E-state index contributed by atoms with van der Waals surface area (Å²) in [5.41, 5.74) is -0.299. The lowest BCUT2D eigenvalue weighted by atomic mass is 9.75. The van der Waals surface area contributed by atoms with E-state index in [1.807, 2.05) is 4.90 Å². The number of carbonyl (C=O) groups excluding carboxylic acids is 5. The van der Waals surface area contributed by atoms with Crippen LogP contribution in [-0.2, 0) is 26.1 Å². The van der Waals surface area contributed by atoms with Gasteiger partial charge in [0.15, 0.2) is 0 Å². The Hall–Kier alpha value is -5.16. The number of carbonyl (C=O) groups is 5. The molecule has 49 heavy (non-hydrogen) atoms. The molecule has 0 spiro atoms. The maximum Gasteiger partial charge on any atom is 0.416 e. The fraction of sp³-hybridized carbons (Fsp3) is 0.353. The summed E-state index contributed by atoms with van der Waals surface area (Å²) < 4.78 is 41.5. The molecule has 4 aliphatic rings. The molecule has 11 nitrogen and oxygen atoms in total. The molecule has 7 rings (SSSR count). The Balaban J connectivity index is 0.991. The molecule has 1 atom stereocenters. The number of amides is 5. The summed E-state index contributed by atoms with van der Waals surface area (Å²) in [5, 5.41) is 4.73. The molecule has 5 amide bonds. The van der Waals surface area contributed by atoms with Crippen LogP contribution in [0.5, 0.6) is 0 Å². The number of hydrogen-bond donors (Lipinski definition) is 2. The van der Waals surface area contributed by atoms with Crippen molar-refractivity contribution in [2.24, 2.45) is 5.92 Å². The summed E-state index contributed by atoms with van der Waals surface area (Å²) in [5.74, 6) is 3.59. The fourth-order valence-corrected chi connectivity index (χ4v) is 6.89. The largest absolute Gasteiger partial charge is 0.416 e. The Morgan fingerprint density at radius 2 is 1.82 bits per heavy atom. The van der Waals surface area contributed by atoms with Crippen LogP contribution in [0, 0.1) is 24.7 Å². The Morgan fingerprint density at radius 1 is 1.08 bits per heavy atom. The maximum atomic E-state index is 13.4. The second-order valence-electron chi connectivity index (χ2n) is 12.7. The van der Waals surface area contributed by atoms with Crippen LogP contribution in [0.4, 0.5) is 24.5 Å². The number of anilines is 2. The normalized spacial score (nSPS) is 20.2. The molecule has 3 aliphatic heterocycles. The first-order valence-electron chi connectivity index (χ1n) is 15.6. The van der Waals surface area contributed by atoms with Crippen molar-refractivity contribution in [2.45, 2.75) is 56.8 Å². The van der Waals surface area contributed by atoms with Crippen molar-refractivity contribution in [1.29, 1.82) is 0 Å². The molecular formula is C34H28ClF3N6O5. The van der Waals surface area contributed by atoms with E-state index in [0.717, 1.165) is 29.1 Å². The van der Waals surface area contributed by atoms with Gasteiger partial charge in [0.2, 0.25) is 11.8 Å². The second-order valence-corrected chi connectivity index (χ2v) is 13.0. The van der Waals surface area contributed by atoms with Gasteiger partial charge in [0, 0.05) is 31.4 Å². The van der Waals surface area contributed by atoms with Gasteiger partial charge in [0.05, 0.1) is 39.6 Å². The summed E-state index contributed by atoms with van der Waals surface area (Å²) in [7, 11) is 0. The second kappa shape index (κ2) is 11.8. The number of nitrogens with zero attached hydrogens (tertiary/aromatic N) is 4. The number of piperidine rings is 1. The molecule has 3 fully saturated rings. The third kappa shape index (κ3) is 5.51. The molecule has 2 saturated heterocycles. The fourth-order valence-electron chi connectivity index (χ4n) is 6.68. The van der Waals surface area contributed by atoms with E-state index in [-0.39, 0.29) is 46.2 Å². The molecule has 1 aromatic heterocycles. The average Bonchev–Trinajstić information content (AvgIpc) is 3.56. The summed E-state index contributed by atoms with van der Waals surface area (Å²) >= 11 is 6.22. The standard InChI is InChI=1S/C34H28ClF3N6O5/c1-18-24(34(36,37)38)7-8-25(28(18)35)40-32(49)33(11-2-12-33)43-16-20(39-17-43)4-3-19-14-42(15-19)21-5-6-22-23(13-21)31(48)44(30(22)47)26-9-10-27(45)41-29(26)46/h5-8,13,16-17,19,26H,2,9-12,14-15H2,1H3,(H,40,49)(H,41,45,46). The van der Waals surface area contributed by atoms with E-state index in [1.54, 1.807) is 29.0 Å². The van der Waals surface area contributed by atoms with Gasteiger partial charge in [0.1, 0.15) is 17.3 Å². The lowest BCUT2D eigenvalue weighted by Crippen LogP contribution is -2.54. The minimum atomic E-state index is -4.56. The van der Waals surface area contributed by atoms with Crippen molar-refractivity contribution in [1.82, 2.24) is 19.8 Å². The van der Waals surface area contributed by atoms with E-state index < -0.39 is 52.9 Å². The predicted molar refractivity (Wildman–Crippen MR) is 170 cm³/mol. The number of aromatic nitrogens is 2. The first-order valence-corrected chi connectivity index (χ1v) is 16.0. The Labute approximate surface area is 282 Å². The van der Waals surface area contributed by atoms with Gasteiger partial charge in [-0.2, -0.15) is 13.2 Å². The Morgan fingerprint density at radius 3 is 2.49 bits per heavy atom. The maximum absolute atomic E-state index is 13.4. The zero-order valence-electron chi connectivity index (χ0n) is 26.0. The quantitative estimate of drug-likeness (QED) is 0.302. The summed E-state index contributed by atoms with van der Waals surface area (Å²) in [6.45, 7) is 2.38. The molecule has 15 heteroatoms. The number of fused-ring (bicyclic) bond motifs is 1. The van der Waals surface area contributed by atoms with Gasteiger partial charge in [-0.25, -0.2) is 4.98 Å². The highest BCUT2D eigenvalue weighted by Gasteiger charge is 2.47. The summed E-state index contributed by atoms with van der Waals surface area (Å²) in [6, 6.07) is 5.98. The lowest BCUT2D eigenvalue weighted by Gasteiger charge is -2.41. The molecule has 1 saturated carbocycles. The van der Waals surface area contributed by atoms with Crippen molar-refractivity contribution in [3.8, 4) is 11.8 Å². The van der Waals surface area contributed by atoms with E-state index in [2.05, 4.69) is 27.5 Å². The van der Waals surface area contributed by atoms with Gasteiger partial charge in [-0.3, -0.25) is 34.2 Å². The average molecular weight is 693 g/mol. The van der Waals surface area contributed by atoms with Crippen LogP contribution in [0.2, 0.25) is 5.02 Å². The van der Waals surface area contributed by atoms with Gasteiger partial charge in [0.25, 0.3) is 17.7 Å². The molecule has 252 valence electrons. The number of hydrogen-bond acceptors (Lipinski definition) is 7. The van der Waals surface area contributed by atoms with Crippen molar-refractivity contribution in [3.05, 3.63) is 75.8 Å². The van der Waals surface area contributed by atoms with Crippen LogP contribution in [0.25, 0.3) is 0 Å². The minimum Gasteiger partial charge on any atom is -0.369 e. The molecule has 1 unspecified atom stereocenters. The van der Waals surface area contributed by atoms with Crippen LogP contribution in [0.1, 0.15) is 69.6 Å². The van der Waals surface area contributed by atoms with Gasteiger partial charge in [-0.05, 0) is 74.4 Å².